The molecule has 5 heteroatoms. The molecule has 0 radical (unpaired) electrons. The van der Waals surface area contributed by atoms with E-state index in [2.05, 4.69) is 11.9 Å². The standard InChI is InChI=1S/C12H15NO3S/c1-3-8-13-12(14)9-17(15,16)11-6-4-10(2)5-7-11/h3-7H,1,8-9H2,2H3,(H,13,14). The van der Waals surface area contributed by atoms with E-state index >= 15 is 0 Å². The van der Waals surface area contributed by atoms with Crippen LogP contribution in [0.15, 0.2) is 41.8 Å². The van der Waals surface area contributed by atoms with Crippen molar-refractivity contribution in [3.8, 4) is 0 Å². The second-order valence-electron chi connectivity index (χ2n) is 3.66. The Hall–Kier alpha value is -1.62. The number of hydrogen-bond acceptors (Lipinski definition) is 3. The first-order chi connectivity index (χ1) is 7.95. The second-order valence-corrected chi connectivity index (χ2v) is 5.65. The third kappa shape index (κ3) is 4.03. The molecule has 0 aliphatic carbocycles. The lowest BCUT2D eigenvalue weighted by Gasteiger charge is -2.05. The summed E-state index contributed by atoms with van der Waals surface area (Å²) in [7, 11) is -3.55. The summed E-state index contributed by atoms with van der Waals surface area (Å²) in [6, 6.07) is 6.42. The molecule has 1 N–H and O–H groups in total. The Bertz CT molecular complexity index is 503. The van der Waals surface area contributed by atoms with Crippen LogP contribution in [-0.2, 0) is 14.6 Å². The van der Waals surface area contributed by atoms with E-state index in [1.54, 1.807) is 12.1 Å². The minimum Gasteiger partial charge on any atom is -0.352 e. The van der Waals surface area contributed by atoms with Crippen molar-refractivity contribution in [2.45, 2.75) is 11.8 Å². The second kappa shape index (κ2) is 5.63. The number of amides is 1. The summed E-state index contributed by atoms with van der Waals surface area (Å²) in [6.07, 6.45) is 1.50. The number of sulfone groups is 1. The van der Waals surface area contributed by atoms with E-state index < -0.39 is 21.5 Å². The molecule has 92 valence electrons. The molecule has 0 unspecified atom stereocenters. The minimum atomic E-state index is -3.55. The van der Waals surface area contributed by atoms with E-state index in [0.717, 1.165) is 5.56 Å². The van der Waals surface area contributed by atoms with E-state index in [-0.39, 0.29) is 11.4 Å². The zero-order chi connectivity index (χ0) is 12.9. The van der Waals surface area contributed by atoms with Gasteiger partial charge in [0.05, 0.1) is 4.90 Å². The molecule has 0 aromatic heterocycles. The lowest BCUT2D eigenvalue weighted by Crippen LogP contribution is -2.30. The summed E-state index contributed by atoms with van der Waals surface area (Å²) in [5, 5.41) is 2.43. The van der Waals surface area contributed by atoms with Crippen LogP contribution in [0.2, 0.25) is 0 Å². The Morgan fingerprint density at radius 3 is 2.47 bits per heavy atom. The molecule has 0 bridgehead atoms. The first-order valence-corrected chi connectivity index (χ1v) is 6.78. The van der Waals surface area contributed by atoms with Crippen LogP contribution in [0, 0.1) is 6.92 Å². The van der Waals surface area contributed by atoms with Gasteiger partial charge in [0.25, 0.3) is 0 Å². The van der Waals surface area contributed by atoms with Crippen LogP contribution in [0.5, 0.6) is 0 Å². The molecule has 1 aromatic carbocycles. The fourth-order valence-corrected chi connectivity index (χ4v) is 2.40. The first-order valence-electron chi connectivity index (χ1n) is 5.13. The van der Waals surface area contributed by atoms with Gasteiger partial charge in [-0.1, -0.05) is 23.8 Å². The molecule has 17 heavy (non-hydrogen) atoms. The number of rotatable bonds is 5. The molecule has 1 amide bonds. The SMILES string of the molecule is C=CCNC(=O)CS(=O)(=O)c1ccc(C)cc1. The van der Waals surface area contributed by atoms with Gasteiger partial charge < -0.3 is 5.32 Å². The summed E-state index contributed by atoms with van der Waals surface area (Å²) in [4.78, 5) is 11.5. The molecule has 1 rings (SSSR count). The van der Waals surface area contributed by atoms with Crippen molar-refractivity contribution < 1.29 is 13.2 Å². The Labute approximate surface area is 101 Å². The number of hydrogen-bond donors (Lipinski definition) is 1. The van der Waals surface area contributed by atoms with Gasteiger partial charge in [-0.2, -0.15) is 0 Å². The fraction of sp³-hybridized carbons (Fsp3) is 0.250. The van der Waals surface area contributed by atoms with Gasteiger partial charge >= 0.3 is 0 Å². The molecule has 0 aliphatic rings. The molecule has 0 saturated heterocycles. The van der Waals surface area contributed by atoms with Crippen LogP contribution >= 0.6 is 0 Å². The maximum Gasteiger partial charge on any atom is 0.235 e. The summed E-state index contributed by atoms with van der Waals surface area (Å²) in [5.41, 5.74) is 0.972. The van der Waals surface area contributed by atoms with Gasteiger partial charge in [-0.15, -0.1) is 6.58 Å². The summed E-state index contributed by atoms with van der Waals surface area (Å²) in [5.74, 6) is -1.06. The molecular formula is C12H15NO3S. The average Bonchev–Trinajstić information content (AvgIpc) is 2.26. The maximum atomic E-state index is 11.8. The third-order valence-corrected chi connectivity index (χ3v) is 3.78. The third-order valence-electron chi connectivity index (χ3n) is 2.14. The highest BCUT2D eigenvalue weighted by molar-refractivity contribution is 7.92. The number of benzene rings is 1. The summed E-state index contributed by atoms with van der Waals surface area (Å²) < 4.78 is 23.7. The van der Waals surface area contributed by atoms with Crippen LogP contribution in [0.4, 0.5) is 0 Å². The lowest BCUT2D eigenvalue weighted by atomic mass is 10.2. The molecule has 4 nitrogen and oxygen atoms in total. The minimum absolute atomic E-state index is 0.164. The topological polar surface area (TPSA) is 63.2 Å². The number of nitrogens with one attached hydrogen (secondary N) is 1. The van der Waals surface area contributed by atoms with Crippen molar-refractivity contribution in [1.29, 1.82) is 0 Å². The first kappa shape index (κ1) is 13.4. The van der Waals surface area contributed by atoms with Crippen molar-refractivity contribution in [3.63, 3.8) is 0 Å². The molecule has 0 spiro atoms. The van der Waals surface area contributed by atoms with Gasteiger partial charge in [-0.05, 0) is 19.1 Å². The van der Waals surface area contributed by atoms with Crippen LogP contribution in [-0.4, -0.2) is 26.6 Å². The number of carbonyl (C=O) groups excluding carboxylic acids is 1. The van der Waals surface area contributed by atoms with E-state index in [0.29, 0.717) is 0 Å². The van der Waals surface area contributed by atoms with Gasteiger partial charge in [0.15, 0.2) is 9.84 Å². The van der Waals surface area contributed by atoms with E-state index in [9.17, 15) is 13.2 Å². The number of carbonyl (C=O) groups is 1. The van der Waals surface area contributed by atoms with Crippen LogP contribution in [0.3, 0.4) is 0 Å². The Morgan fingerprint density at radius 2 is 1.94 bits per heavy atom. The zero-order valence-corrected chi connectivity index (χ0v) is 10.5. The summed E-state index contributed by atoms with van der Waals surface area (Å²) >= 11 is 0. The van der Waals surface area contributed by atoms with Crippen LogP contribution in [0.1, 0.15) is 5.56 Å². The molecular weight excluding hydrogens is 238 g/mol. The quantitative estimate of drug-likeness (QED) is 0.798. The highest BCUT2D eigenvalue weighted by Crippen LogP contribution is 2.11. The molecule has 0 saturated carbocycles. The summed E-state index contributed by atoms with van der Waals surface area (Å²) in [6.45, 7) is 5.57. The van der Waals surface area contributed by atoms with Gasteiger partial charge in [0.2, 0.25) is 5.91 Å². The van der Waals surface area contributed by atoms with E-state index in [1.165, 1.54) is 18.2 Å². The Balaban J connectivity index is 2.78. The van der Waals surface area contributed by atoms with E-state index in [1.807, 2.05) is 6.92 Å². The predicted octanol–water partition coefficient (Wildman–Crippen LogP) is 1.07. The van der Waals surface area contributed by atoms with Gasteiger partial charge in [-0.25, -0.2) is 8.42 Å². The fourth-order valence-electron chi connectivity index (χ4n) is 1.24. The molecule has 0 atom stereocenters. The van der Waals surface area contributed by atoms with Crippen molar-refractivity contribution in [3.05, 3.63) is 42.5 Å². The van der Waals surface area contributed by atoms with Crippen molar-refractivity contribution in [2.75, 3.05) is 12.3 Å². The molecule has 0 fully saturated rings. The van der Waals surface area contributed by atoms with Gasteiger partial charge in [-0.3, -0.25) is 4.79 Å². The van der Waals surface area contributed by atoms with Crippen molar-refractivity contribution in [2.24, 2.45) is 0 Å². The van der Waals surface area contributed by atoms with Crippen molar-refractivity contribution >= 4 is 15.7 Å². The molecule has 1 aromatic rings. The Morgan fingerprint density at radius 1 is 1.35 bits per heavy atom. The lowest BCUT2D eigenvalue weighted by molar-refractivity contribution is -0.118. The van der Waals surface area contributed by atoms with Gasteiger partial charge in [0.1, 0.15) is 5.75 Å². The number of aryl methyl sites for hydroxylation is 1. The average molecular weight is 253 g/mol. The highest BCUT2D eigenvalue weighted by Gasteiger charge is 2.18. The highest BCUT2D eigenvalue weighted by atomic mass is 32.2. The van der Waals surface area contributed by atoms with E-state index in [4.69, 9.17) is 0 Å². The zero-order valence-electron chi connectivity index (χ0n) is 9.64. The predicted molar refractivity (Wildman–Crippen MR) is 66.4 cm³/mol. The van der Waals surface area contributed by atoms with Gasteiger partial charge in [0, 0.05) is 6.54 Å². The Kier molecular flexibility index (Phi) is 4.45. The van der Waals surface area contributed by atoms with Crippen LogP contribution < -0.4 is 5.32 Å². The van der Waals surface area contributed by atoms with Crippen LogP contribution in [0.25, 0.3) is 0 Å². The molecule has 0 aliphatic heterocycles. The van der Waals surface area contributed by atoms with Crippen molar-refractivity contribution in [1.82, 2.24) is 5.32 Å². The monoisotopic (exact) mass is 253 g/mol. The normalized spacial score (nSPS) is 10.9. The molecule has 0 heterocycles. The largest absolute Gasteiger partial charge is 0.352 e. The smallest absolute Gasteiger partial charge is 0.235 e. The maximum absolute atomic E-state index is 11.8.